The minimum atomic E-state index is -3.77. The molecular weight excluding hydrogens is 342 g/mol. The molecule has 0 aliphatic carbocycles. The fourth-order valence-corrected chi connectivity index (χ4v) is 3.05. The lowest BCUT2D eigenvalue weighted by Crippen LogP contribution is -2.22. The van der Waals surface area contributed by atoms with E-state index in [1.54, 1.807) is 0 Å². The minimum Gasteiger partial charge on any atom is -0.438 e. The minimum absolute atomic E-state index is 0.0793. The lowest BCUT2D eigenvalue weighted by Gasteiger charge is -2.04. The van der Waals surface area contributed by atoms with Crippen molar-refractivity contribution in [3.63, 3.8) is 0 Å². The number of aromatic nitrogens is 2. The van der Waals surface area contributed by atoms with E-state index in [0.29, 0.717) is 5.89 Å². The Bertz CT molecular complexity index is 956. The first-order valence-electron chi connectivity index (χ1n) is 7.84. The molecule has 0 radical (unpaired) electrons. The number of furan rings is 1. The standard InChI is InChI=1S/C17H19N3O4S/c1-11(2)16-19-20-17(24-16)14-8-9-15(23-14)25(21,22)18-10-13-6-4-12(3)5-7-13/h4-9,11,18H,10H2,1-3H3. The molecule has 0 bridgehead atoms. The maximum Gasteiger partial charge on any atom is 0.283 e. The highest BCUT2D eigenvalue weighted by molar-refractivity contribution is 7.89. The van der Waals surface area contributed by atoms with Crippen LogP contribution in [0.2, 0.25) is 0 Å². The monoisotopic (exact) mass is 361 g/mol. The SMILES string of the molecule is Cc1ccc(CNS(=O)(=O)c2ccc(-c3nnc(C(C)C)o3)o2)cc1. The van der Waals surface area contributed by atoms with Crippen LogP contribution in [-0.2, 0) is 16.6 Å². The maximum absolute atomic E-state index is 12.4. The first-order valence-corrected chi connectivity index (χ1v) is 9.32. The molecule has 2 aromatic heterocycles. The zero-order valence-corrected chi connectivity index (χ0v) is 15.0. The Morgan fingerprint density at radius 1 is 1.04 bits per heavy atom. The Morgan fingerprint density at radius 3 is 2.40 bits per heavy atom. The van der Waals surface area contributed by atoms with Gasteiger partial charge in [-0.05, 0) is 24.6 Å². The Labute approximate surface area is 146 Å². The zero-order chi connectivity index (χ0) is 18.0. The topological polar surface area (TPSA) is 98.2 Å². The molecule has 0 aliphatic heterocycles. The molecule has 1 aromatic carbocycles. The first-order chi connectivity index (χ1) is 11.8. The highest BCUT2D eigenvalue weighted by atomic mass is 32.2. The summed E-state index contributed by atoms with van der Waals surface area (Å²) in [5.74, 6) is 0.919. The molecule has 0 saturated carbocycles. The van der Waals surface area contributed by atoms with E-state index in [2.05, 4.69) is 14.9 Å². The fraction of sp³-hybridized carbons (Fsp3) is 0.294. The molecule has 0 atom stereocenters. The molecule has 0 spiro atoms. The third-order valence-corrected chi connectivity index (χ3v) is 4.85. The van der Waals surface area contributed by atoms with Gasteiger partial charge in [-0.1, -0.05) is 43.7 Å². The molecule has 1 N–H and O–H groups in total. The number of aryl methyl sites for hydroxylation is 1. The van der Waals surface area contributed by atoms with Crippen molar-refractivity contribution in [2.75, 3.05) is 0 Å². The molecule has 2 heterocycles. The molecule has 0 unspecified atom stereocenters. The number of sulfonamides is 1. The predicted molar refractivity (Wildman–Crippen MR) is 91.3 cm³/mol. The third-order valence-electron chi connectivity index (χ3n) is 3.58. The largest absolute Gasteiger partial charge is 0.438 e. The van der Waals surface area contributed by atoms with Gasteiger partial charge in [-0.3, -0.25) is 0 Å². The molecule has 0 amide bonds. The normalized spacial score (nSPS) is 12.0. The van der Waals surface area contributed by atoms with Crippen molar-refractivity contribution in [1.29, 1.82) is 0 Å². The van der Waals surface area contributed by atoms with Crippen LogP contribution in [0.4, 0.5) is 0 Å². The van der Waals surface area contributed by atoms with E-state index in [-0.39, 0.29) is 29.2 Å². The van der Waals surface area contributed by atoms with Gasteiger partial charge in [-0.25, -0.2) is 13.1 Å². The van der Waals surface area contributed by atoms with Crippen LogP contribution in [0.25, 0.3) is 11.7 Å². The van der Waals surface area contributed by atoms with Gasteiger partial charge in [0.2, 0.25) is 11.0 Å². The molecule has 7 nitrogen and oxygen atoms in total. The third kappa shape index (κ3) is 3.97. The summed E-state index contributed by atoms with van der Waals surface area (Å²) in [4.78, 5) is 0. The van der Waals surface area contributed by atoms with Crippen molar-refractivity contribution < 1.29 is 17.3 Å². The molecule has 25 heavy (non-hydrogen) atoms. The molecule has 132 valence electrons. The molecule has 0 saturated heterocycles. The summed E-state index contributed by atoms with van der Waals surface area (Å²) in [7, 11) is -3.77. The maximum atomic E-state index is 12.4. The molecule has 3 rings (SSSR count). The van der Waals surface area contributed by atoms with Crippen LogP contribution in [-0.4, -0.2) is 18.6 Å². The second-order valence-corrected chi connectivity index (χ2v) is 7.73. The van der Waals surface area contributed by atoms with Crippen LogP contribution >= 0.6 is 0 Å². The summed E-state index contributed by atoms with van der Waals surface area (Å²) < 4.78 is 38.1. The highest BCUT2D eigenvalue weighted by Crippen LogP contribution is 2.25. The van der Waals surface area contributed by atoms with Crippen LogP contribution in [0.3, 0.4) is 0 Å². The molecule has 0 fully saturated rings. The number of benzene rings is 1. The van der Waals surface area contributed by atoms with E-state index in [1.807, 2.05) is 45.0 Å². The Hall–Kier alpha value is -2.45. The average Bonchev–Trinajstić information content (AvgIpc) is 3.23. The summed E-state index contributed by atoms with van der Waals surface area (Å²) in [6.07, 6.45) is 0. The Balaban J connectivity index is 1.74. The Morgan fingerprint density at radius 2 is 1.76 bits per heavy atom. The van der Waals surface area contributed by atoms with Gasteiger partial charge in [0.25, 0.3) is 15.9 Å². The predicted octanol–water partition coefficient (Wildman–Crippen LogP) is 3.24. The van der Waals surface area contributed by atoms with Crippen LogP contribution < -0.4 is 4.72 Å². The van der Waals surface area contributed by atoms with Crippen molar-refractivity contribution in [3.05, 3.63) is 53.4 Å². The van der Waals surface area contributed by atoms with E-state index in [1.165, 1.54) is 12.1 Å². The van der Waals surface area contributed by atoms with E-state index in [9.17, 15) is 8.42 Å². The van der Waals surface area contributed by atoms with E-state index < -0.39 is 10.0 Å². The van der Waals surface area contributed by atoms with E-state index in [4.69, 9.17) is 8.83 Å². The molecule has 0 aliphatic rings. The lowest BCUT2D eigenvalue weighted by atomic mass is 10.2. The van der Waals surface area contributed by atoms with Gasteiger partial charge in [-0.15, -0.1) is 10.2 Å². The molecule has 8 heteroatoms. The van der Waals surface area contributed by atoms with Crippen molar-refractivity contribution in [2.24, 2.45) is 0 Å². The summed E-state index contributed by atoms with van der Waals surface area (Å²) in [6.45, 7) is 5.99. The zero-order valence-electron chi connectivity index (χ0n) is 14.2. The van der Waals surface area contributed by atoms with Crippen LogP contribution in [0, 0.1) is 6.92 Å². The van der Waals surface area contributed by atoms with E-state index >= 15 is 0 Å². The van der Waals surface area contributed by atoms with Crippen molar-refractivity contribution in [2.45, 2.75) is 38.3 Å². The summed E-state index contributed by atoms with van der Waals surface area (Å²) in [5.41, 5.74) is 1.97. The van der Waals surface area contributed by atoms with Crippen molar-refractivity contribution >= 4 is 10.0 Å². The van der Waals surface area contributed by atoms with Gasteiger partial charge >= 0.3 is 0 Å². The van der Waals surface area contributed by atoms with Gasteiger partial charge in [0.15, 0.2) is 5.76 Å². The van der Waals surface area contributed by atoms with Crippen molar-refractivity contribution in [1.82, 2.24) is 14.9 Å². The Kier molecular flexibility index (Phi) is 4.73. The first kappa shape index (κ1) is 17.4. The number of nitrogens with one attached hydrogen (secondary N) is 1. The van der Waals surface area contributed by atoms with Gasteiger partial charge in [-0.2, -0.15) is 0 Å². The second kappa shape index (κ2) is 6.81. The molecular formula is C17H19N3O4S. The quantitative estimate of drug-likeness (QED) is 0.724. The number of rotatable bonds is 6. The second-order valence-electron chi connectivity index (χ2n) is 6.03. The van der Waals surface area contributed by atoms with Gasteiger partial charge in [0.05, 0.1) is 0 Å². The lowest BCUT2D eigenvalue weighted by molar-refractivity contribution is 0.426. The summed E-state index contributed by atoms with van der Waals surface area (Å²) in [6, 6.07) is 10.5. The number of nitrogens with zero attached hydrogens (tertiary/aromatic N) is 2. The summed E-state index contributed by atoms with van der Waals surface area (Å²) in [5, 5.41) is 7.59. The smallest absolute Gasteiger partial charge is 0.283 e. The van der Waals surface area contributed by atoms with Crippen LogP contribution in [0.15, 0.2) is 50.3 Å². The van der Waals surface area contributed by atoms with Crippen LogP contribution in [0.5, 0.6) is 0 Å². The fourth-order valence-electron chi connectivity index (χ4n) is 2.10. The van der Waals surface area contributed by atoms with Crippen molar-refractivity contribution in [3.8, 4) is 11.7 Å². The number of hydrogen-bond donors (Lipinski definition) is 1. The van der Waals surface area contributed by atoms with Gasteiger partial charge < -0.3 is 8.83 Å². The van der Waals surface area contributed by atoms with Crippen LogP contribution in [0.1, 0.15) is 36.8 Å². The highest BCUT2D eigenvalue weighted by Gasteiger charge is 2.21. The summed E-state index contributed by atoms with van der Waals surface area (Å²) >= 11 is 0. The number of hydrogen-bond acceptors (Lipinski definition) is 6. The molecule has 3 aromatic rings. The van der Waals surface area contributed by atoms with Gasteiger partial charge in [0, 0.05) is 12.5 Å². The average molecular weight is 361 g/mol. The van der Waals surface area contributed by atoms with E-state index in [0.717, 1.165) is 11.1 Å². The van der Waals surface area contributed by atoms with Gasteiger partial charge in [0.1, 0.15) is 0 Å².